The third kappa shape index (κ3) is 3.69. The van der Waals surface area contributed by atoms with Gasteiger partial charge in [-0.15, -0.1) is 0 Å². The zero-order valence-electron chi connectivity index (χ0n) is 11.5. The van der Waals surface area contributed by atoms with E-state index in [2.05, 4.69) is 0 Å². The molecule has 0 bridgehead atoms. The monoisotopic (exact) mass is 264 g/mol. The second-order valence-electron chi connectivity index (χ2n) is 5.25. The number of nitrogens with two attached hydrogens (primary N) is 1. The highest BCUT2D eigenvalue weighted by Crippen LogP contribution is 2.43. The van der Waals surface area contributed by atoms with Crippen LogP contribution in [0.3, 0.4) is 0 Å². The Hall–Kier alpha value is -0.590. The van der Waals surface area contributed by atoms with Crippen LogP contribution in [-0.2, 0) is 10.0 Å². The van der Waals surface area contributed by atoms with Crippen molar-refractivity contribution in [2.75, 3.05) is 14.1 Å². The van der Waals surface area contributed by atoms with Crippen molar-refractivity contribution in [3.05, 3.63) is 11.1 Å². The highest BCUT2D eigenvalue weighted by atomic mass is 32.2. The number of hydrogen-bond acceptors (Lipinski definition) is 4. The minimum absolute atomic E-state index is 0.0463. The molecule has 1 atom stereocenters. The van der Waals surface area contributed by atoms with E-state index >= 15 is 0 Å². The molecule has 0 aliphatic carbocycles. The number of aliphatic hydroxyl groups is 1. The van der Waals surface area contributed by atoms with Crippen molar-refractivity contribution in [2.45, 2.75) is 39.7 Å². The van der Waals surface area contributed by atoms with Crippen LogP contribution in [0.4, 0.5) is 0 Å². The van der Waals surface area contributed by atoms with E-state index < -0.39 is 21.0 Å². The van der Waals surface area contributed by atoms with Gasteiger partial charge in [0.1, 0.15) is 0 Å². The summed E-state index contributed by atoms with van der Waals surface area (Å²) in [5, 5.41) is 15.5. The summed E-state index contributed by atoms with van der Waals surface area (Å²) in [6.07, 6.45) is 1.92. The number of sulfonamides is 1. The molecule has 0 saturated carbocycles. The molecule has 0 aliphatic rings. The molecule has 0 aromatic heterocycles. The van der Waals surface area contributed by atoms with E-state index in [0.29, 0.717) is 6.42 Å². The fourth-order valence-electron chi connectivity index (χ4n) is 1.67. The van der Waals surface area contributed by atoms with Crippen molar-refractivity contribution in [3.63, 3.8) is 0 Å². The average molecular weight is 264 g/mol. The van der Waals surface area contributed by atoms with Crippen LogP contribution in [0.5, 0.6) is 0 Å². The minimum Gasteiger partial charge on any atom is -0.390 e. The first kappa shape index (κ1) is 16.4. The molecule has 1 unspecified atom stereocenters. The van der Waals surface area contributed by atoms with Crippen LogP contribution in [0.15, 0.2) is 11.1 Å². The minimum atomic E-state index is -3.85. The number of nitrogens with zero attached hydrogens (tertiary/aromatic N) is 1. The Morgan fingerprint density at radius 1 is 1.35 bits per heavy atom. The molecule has 0 aromatic rings. The van der Waals surface area contributed by atoms with Gasteiger partial charge in [0, 0.05) is 25.7 Å². The molecular formula is C11H24N2O3S. The van der Waals surface area contributed by atoms with Crippen LogP contribution < -0.4 is 5.14 Å². The maximum Gasteiger partial charge on any atom is 0.236 e. The third-order valence-corrected chi connectivity index (χ3v) is 4.45. The van der Waals surface area contributed by atoms with Gasteiger partial charge in [0.15, 0.2) is 0 Å². The Bertz CT molecular complexity index is 393. The Morgan fingerprint density at radius 2 is 1.76 bits per heavy atom. The molecule has 0 radical (unpaired) electrons. The Balaban J connectivity index is 5.95. The van der Waals surface area contributed by atoms with E-state index in [4.69, 9.17) is 5.14 Å². The summed E-state index contributed by atoms with van der Waals surface area (Å²) in [5.74, 6) is 0. The van der Waals surface area contributed by atoms with Crippen molar-refractivity contribution in [1.82, 2.24) is 4.90 Å². The fourth-order valence-corrected chi connectivity index (χ4v) is 3.05. The van der Waals surface area contributed by atoms with Gasteiger partial charge in [-0.2, -0.15) is 0 Å². The number of rotatable bonds is 5. The van der Waals surface area contributed by atoms with Gasteiger partial charge in [-0.1, -0.05) is 13.8 Å². The summed E-state index contributed by atoms with van der Waals surface area (Å²) < 4.78 is 23.4. The van der Waals surface area contributed by atoms with Gasteiger partial charge < -0.3 is 10.0 Å². The van der Waals surface area contributed by atoms with Gasteiger partial charge in [-0.25, -0.2) is 13.6 Å². The van der Waals surface area contributed by atoms with Crippen LogP contribution in [0.1, 0.15) is 34.1 Å². The summed E-state index contributed by atoms with van der Waals surface area (Å²) in [5.41, 5.74) is -2.11. The predicted molar refractivity (Wildman–Crippen MR) is 69.6 cm³/mol. The van der Waals surface area contributed by atoms with E-state index in [1.807, 2.05) is 6.92 Å². The lowest BCUT2D eigenvalue weighted by Gasteiger charge is -2.41. The molecule has 0 spiro atoms. The average Bonchev–Trinajstić information content (AvgIpc) is 2.09. The standard InChI is InChI=1S/C11H24N2O3S/c1-7-11(4,10(2,3)14)9(8-13(5)6)17(12,15)16/h8,14H,7H2,1-6H3,(H2,12,15,16). The van der Waals surface area contributed by atoms with Crippen LogP contribution >= 0.6 is 0 Å². The van der Waals surface area contributed by atoms with Crippen LogP contribution in [-0.4, -0.2) is 38.1 Å². The van der Waals surface area contributed by atoms with E-state index in [0.717, 1.165) is 0 Å². The normalized spacial score (nSPS) is 17.8. The molecule has 0 rings (SSSR count). The van der Waals surface area contributed by atoms with Crippen LogP contribution in [0.25, 0.3) is 0 Å². The molecule has 0 aromatic carbocycles. The van der Waals surface area contributed by atoms with Crippen LogP contribution in [0.2, 0.25) is 0 Å². The summed E-state index contributed by atoms with van der Waals surface area (Å²) >= 11 is 0. The largest absolute Gasteiger partial charge is 0.390 e. The molecule has 0 aliphatic heterocycles. The maximum absolute atomic E-state index is 11.7. The van der Waals surface area contributed by atoms with E-state index in [1.165, 1.54) is 6.20 Å². The molecule has 0 saturated heterocycles. The van der Waals surface area contributed by atoms with E-state index in [-0.39, 0.29) is 4.91 Å². The van der Waals surface area contributed by atoms with Gasteiger partial charge in [0.2, 0.25) is 10.0 Å². The molecule has 5 nitrogen and oxygen atoms in total. The highest BCUT2D eigenvalue weighted by molar-refractivity contribution is 7.93. The SMILES string of the molecule is CCC(C)(C(=CN(C)C)S(N)(=O)=O)C(C)(C)O. The second-order valence-corrected chi connectivity index (χ2v) is 6.78. The molecule has 6 heteroatoms. The Labute approximate surface area is 104 Å². The lowest BCUT2D eigenvalue weighted by atomic mass is 9.73. The molecule has 0 heterocycles. The van der Waals surface area contributed by atoms with Gasteiger partial charge in [0.05, 0.1) is 10.5 Å². The number of primary sulfonamides is 1. The highest BCUT2D eigenvalue weighted by Gasteiger charge is 2.45. The lowest BCUT2D eigenvalue weighted by molar-refractivity contribution is -0.0225. The number of hydrogen-bond donors (Lipinski definition) is 2. The van der Waals surface area contributed by atoms with Gasteiger partial charge in [-0.3, -0.25) is 0 Å². The summed E-state index contributed by atoms with van der Waals surface area (Å²) in [6, 6.07) is 0. The van der Waals surface area contributed by atoms with Crippen molar-refractivity contribution >= 4 is 10.0 Å². The molecule has 3 N–H and O–H groups in total. The molecule has 17 heavy (non-hydrogen) atoms. The van der Waals surface area contributed by atoms with Crippen molar-refractivity contribution in [3.8, 4) is 0 Å². The first-order valence-electron chi connectivity index (χ1n) is 5.50. The Morgan fingerprint density at radius 3 is 1.94 bits per heavy atom. The molecule has 102 valence electrons. The van der Waals surface area contributed by atoms with Gasteiger partial charge in [-0.05, 0) is 20.3 Å². The van der Waals surface area contributed by atoms with E-state index in [9.17, 15) is 13.5 Å². The fraction of sp³-hybridized carbons (Fsp3) is 0.818. The molecule has 0 fully saturated rings. The summed E-state index contributed by atoms with van der Waals surface area (Å²) in [6.45, 7) is 6.70. The molecular weight excluding hydrogens is 240 g/mol. The third-order valence-electron chi connectivity index (χ3n) is 3.28. The van der Waals surface area contributed by atoms with Crippen molar-refractivity contribution < 1.29 is 13.5 Å². The molecule has 0 amide bonds. The summed E-state index contributed by atoms with van der Waals surface area (Å²) in [4.78, 5) is 1.66. The smallest absolute Gasteiger partial charge is 0.236 e. The van der Waals surface area contributed by atoms with Gasteiger partial charge in [0.25, 0.3) is 0 Å². The summed E-state index contributed by atoms with van der Waals surface area (Å²) in [7, 11) is -0.426. The predicted octanol–water partition coefficient (Wildman–Crippen LogP) is 0.865. The van der Waals surface area contributed by atoms with Crippen LogP contribution in [0, 0.1) is 5.41 Å². The maximum atomic E-state index is 11.7. The zero-order valence-corrected chi connectivity index (χ0v) is 12.3. The second kappa shape index (κ2) is 4.96. The topological polar surface area (TPSA) is 83.6 Å². The zero-order chi connectivity index (χ0) is 14.1. The van der Waals surface area contributed by atoms with Crippen molar-refractivity contribution in [1.29, 1.82) is 0 Å². The first-order valence-corrected chi connectivity index (χ1v) is 7.05. The van der Waals surface area contributed by atoms with E-state index in [1.54, 1.807) is 39.8 Å². The van der Waals surface area contributed by atoms with Crippen molar-refractivity contribution in [2.24, 2.45) is 10.6 Å². The quantitative estimate of drug-likeness (QED) is 0.771. The van der Waals surface area contributed by atoms with Gasteiger partial charge >= 0.3 is 0 Å². The Kier molecular flexibility index (Phi) is 4.78. The first-order chi connectivity index (χ1) is 7.36. The lowest BCUT2D eigenvalue weighted by Crippen LogP contribution is -2.46.